The summed E-state index contributed by atoms with van der Waals surface area (Å²) in [6, 6.07) is 1.59. The fourth-order valence-corrected chi connectivity index (χ4v) is 8.29. The van der Waals surface area contributed by atoms with Gasteiger partial charge >= 0.3 is 5.97 Å². The molecular weight excluding hydrogens is 702 g/mol. The number of carbonyl (C=O) groups is 4. The monoisotopic (exact) mass is 754 g/mol. The number of morpholine rings is 1. The second kappa shape index (κ2) is 16.1. The summed E-state index contributed by atoms with van der Waals surface area (Å²) in [5, 5.41) is 59.2. The van der Waals surface area contributed by atoms with E-state index >= 15 is 0 Å². The van der Waals surface area contributed by atoms with E-state index < -0.39 is 84.2 Å². The SMILES string of the molecule is CC(=O)N[C@H]1[C@H]([C@H](O)[C@H](O)CNC(=O)c2cc(C)c(O)c(C)c2)O[C@@](CCN2CCOC[C@@]23CCN(C(=O)C2CCC(F)(F)CC2)C3)(C(=O)O)C[C@@H]1O. The van der Waals surface area contributed by atoms with Crippen LogP contribution in [0.25, 0.3) is 0 Å². The minimum absolute atomic E-state index is 0.0338. The van der Waals surface area contributed by atoms with E-state index in [-0.39, 0.29) is 69.0 Å². The number of aryl methyl sites for hydroxylation is 2. The second-order valence-electron chi connectivity index (χ2n) is 15.3. The fourth-order valence-electron chi connectivity index (χ4n) is 8.29. The molecule has 7 atom stereocenters. The van der Waals surface area contributed by atoms with Crippen molar-refractivity contribution < 1.29 is 63.0 Å². The summed E-state index contributed by atoms with van der Waals surface area (Å²) in [6.07, 6.45) is -7.31. The van der Waals surface area contributed by atoms with Gasteiger partial charge in [0.15, 0.2) is 5.60 Å². The van der Waals surface area contributed by atoms with Crippen molar-refractivity contribution in [1.29, 1.82) is 0 Å². The molecule has 4 fully saturated rings. The molecule has 0 aromatic heterocycles. The lowest BCUT2D eigenvalue weighted by atomic mass is 9.81. The first-order valence-corrected chi connectivity index (χ1v) is 18.2. The van der Waals surface area contributed by atoms with Crippen LogP contribution >= 0.6 is 0 Å². The zero-order valence-corrected chi connectivity index (χ0v) is 30.4. The van der Waals surface area contributed by atoms with Crippen LogP contribution in [-0.4, -0.2) is 152 Å². The summed E-state index contributed by atoms with van der Waals surface area (Å²) in [7, 11) is 0. The maximum Gasteiger partial charge on any atom is 0.336 e. The number of aliphatic hydroxyl groups excluding tert-OH is 3. The van der Waals surface area contributed by atoms with Crippen LogP contribution in [0.2, 0.25) is 0 Å². The van der Waals surface area contributed by atoms with Gasteiger partial charge in [0.25, 0.3) is 5.91 Å². The number of carboxylic acid groups (broad SMARTS) is 1. The molecule has 3 saturated heterocycles. The third kappa shape index (κ3) is 8.92. The Hall–Kier alpha value is -3.48. The average Bonchev–Trinajstić information content (AvgIpc) is 3.53. The summed E-state index contributed by atoms with van der Waals surface area (Å²) in [4.78, 5) is 55.1. The maximum absolute atomic E-state index is 13.8. The number of alkyl halides is 2. The van der Waals surface area contributed by atoms with E-state index in [0.717, 1.165) is 0 Å². The number of hydrogen-bond donors (Lipinski definition) is 7. The van der Waals surface area contributed by atoms with Gasteiger partial charge in [-0.15, -0.1) is 0 Å². The largest absolute Gasteiger partial charge is 0.507 e. The molecule has 0 unspecified atom stereocenters. The standard InChI is InChI=1S/C36H52F2N4O11/c1-20-14-24(15-21(2)28(20)46)31(48)39-17-26(45)29(47)30-27(40-22(3)43)25(44)16-35(53-30,33(50)51)9-11-42-12-13-52-19-34(42)8-10-41(18-34)32(49)23-4-6-36(37,38)7-5-23/h14-15,23,25-27,29-30,44-47H,4-13,16-19H2,1-3H3,(H,39,48)(H,40,43)(H,50,51)/t25-,26+,27+,29+,30+,34-,35+/m0/s1. The number of hydrogen-bond acceptors (Lipinski definition) is 11. The number of carboxylic acids is 1. The van der Waals surface area contributed by atoms with Crippen LogP contribution in [0.3, 0.4) is 0 Å². The van der Waals surface area contributed by atoms with Crippen LogP contribution in [-0.2, 0) is 23.9 Å². The van der Waals surface area contributed by atoms with Gasteiger partial charge in [-0.3, -0.25) is 19.3 Å². The van der Waals surface area contributed by atoms with Gasteiger partial charge in [0, 0.05) is 76.8 Å². The van der Waals surface area contributed by atoms with Crippen molar-refractivity contribution in [1.82, 2.24) is 20.4 Å². The highest BCUT2D eigenvalue weighted by Crippen LogP contribution is 2.40. The maximum atomic E-state index is 13.8. The molecule has 17 heteroatoms. The zero-order valence-electron chi connectivity index (χ0n) is 30.4. The molecule has 53 heavy (non-hydrogen) atoms. The highest BCUT2D eigenvalue weighted by molar-refractivity contribution is 5.95. The van der Waals surface area contributed by atoms with Crippen molar-refractivity contribution in [3.8, 4) is 5.75 Å². The van der Waals surface area contributed by atoms with E-state index in [9.17, 15) is 53.5 Å². The molecule has 15 nitrogen and oxygen atoms in total. The van der Waals surface area contributed by atoms with Crippen molar-refractivity contribution in [3.05, 3.63) is 28.8 Å². The molecule has 1 spiro atoms. The Balaban J connectivity index is 1.28. The summed E-state index contributed by atoms with van der Waals surface area (Å²) in [5.74, 6) is -6.03. The minimum Gasteiger partial charge on any atom is -0.507 e. The summed E-state index contributed by atoms with van der Waals surface area (Å²) >= 11 is 0. The number of benzene rings is 1. The predicted molar refractivity (Wildman–Crippen MR) is 183 cm³/mol. The van der Waals surface area contributed by atoms with E-state index in [1.54, 1.807) is 18.7 Å². The number of amides is 3. The molecule has 0 radical (unpaired) electrons. The first-order chi connectivity index (χ1) is 24.9. The highest BCUT2D eigenvalue weighted by Gasteiger charge is 2.56. The molecule has 3 heterocycles. The van der Waals surface area contributed by atoms with Crippen molar-refractivity contribution in [2.24, 2.45) is 5.92 Å². The number of nitrogens with one attached hydrogen (secondary N) is 2. The molecule has 4 aliphatic rings. The number of halogens is 2. The number of nitrogens with zero attached hydrogens (tertiary/aromatic N) is 2. The number of aliphatic hydroxyl groups is 3. The molecule has 0 bridgehead atoms. The third-order valence-electron chi connectivity index (χ3n) is 11.4. The fraction of sp³-hybridized carbons (Fsp3) is 0.722. The molecule has 3 amide bonds. The lowest BCUT2D eigenvalue weighted by molar-refractivity contribution is -0.231. The van der Waals surface area contributed by atoms with E-state index in [1.165, 1.54) is 19.1 Å². The van der Waals surface area contributed by atoms with E-state index in [0.29, 0.717) is 37.2 Å². The van der Waals surface area contributed by atoms with Crippen LogP contribution in [0, 0.1) is 19.8 Å². The molecule has 1 saturated carbocycles. The van der Waals surface area contributed by atoms with Gasteiger partial charge < -0.3 is 50.5 Å². The van der Waals surface area contributed by atoms with Crippen LogP contribution in [0.15, 0.2) is 12.1 Å². The Morgan fingerprint density at radius 2 is 1.72 bits per heavy atom. The lowest BCUT2D eigenvalue weighted by Gasteiger charge is -2.49. The Morgan fingerprint density at radius 1 is 1.06 bits per heavy atom. The van der Waals surface area contributed by atoms with E-state index in [1.807, 2.05) is 4.90 Å². The van der Waals surface area contributed by atoms with Gasteiger partial charge in [-0.05, 0) is 56.4 Å². The number of rotatable bonds is 11. The second-order valence-corrected chi connectivity index (χ2v) is 15.3. The highest BCUT2D eigenvalue weighted by atomic mass is 19.3. The van der Waals surface area contributed by atoms with Gasteiger partial charge in [-0.1, -0.05) is 0 Å². The smallest absolute Gasteiger partial charge is 0.336 e. The van der Waals surface area contributed by atoms with Gasteiger partial charge in [-0.2, -0.15) is 0 Å². The topological polar surface area (TPSA) is 218 Å². The van der Waals surface area contributed by atoms with Gasteiger partial charge in [0.2, 0.25) is 17.7 Å². The summed E-state index contributed by atoms with van der Waals surface area (Å²) in [5.41, 5.74) is -1.64. The molecular formula is C36H52F2N4O11. The number of phenolic OH excluding ortho intramolecular Hbond substituents is 1. The lowest BCUT2D eigenvalue weighted by Crippen LogP contribution is -2.68. The van der Waals surface area contributed by atoms with Gasteiger partial charge in [0.05, 0.1) is 37.0 Å². The first kappa shape index (κ1) is 40.7. The molecule has 3 aliphatic heterocycles. The Kier molecular flexibility index (Phi) is 12.4. The van der Waals surface area contributed by atoms with Crippen LogP contribution in [0.4, 0.5) is 8.78 Å². The molecule has 1 aromatic rings. The van der Waals surface area contributed by atoms with Crippen LogP contribution in [0.1, 0.15) is 73.4 Å². The third-order valence-corrected chi connectivity index (χ3v) is 11.4. The summed E-state index contributed by atoms with van der Waals surface area (Å²) in [6.45, 7) is 5.68. The minimum atomic E-state index is -2.76. The Bertz CT molecular complexity index is 1520. The van der Waals surface area contributed by atoms with Gasteiger partial charge in [0.1, 0.15) is 18.0 Å². The van der Waals surface area contributed by atoms with Gasteiger partial charge in [-0.25, -0.2) is 13.6 Å². The molecule has 1 aliphatic carbocycles. The first-order valence-electron chi connectivity index (χ1n) is 18.2. The normalized spacial score (nSPS) is 30.5. The summed E-state index contributed by atoms with van der Waals surface area (Å²) < 4.78 is 39.5. The van der Waals surface area contributed by atoms with Crippen LogP contribution in [0.5, 0.6) is 5.75 Å². The number of phenols is 1. The average molecular weight is 755 g/mol. The zero-order chi connectivity index (χ0) is 38.9. The van der Waals surface area contributed by atoms with E-state index in [2.05, 4.69) is 10.6 Å². The molecule has 1 aromatic carbocycles. The van der Waals surface area contributed by atoms with Crippen molar-refractivity contribution in [2.45, 2.75) is 113 Å². The van der Waals surface area contributed by atoms with Crippen molar-refractivity contribution >= 4 is 23.7 Å². The number of ether oxygens (including phenoxy) is 2. The quantitative estimate of drug-likeness (QED) is 0.164. The molecule has 296 valence electrons. The Labute approximate surface area is 306 Å². The van der Waals surface area contributed by atoms with Crippen molar-refractivity contribution in [3.63, 3.8) is 0 Å². The Morgan fingerprint density at radius 3 is 2.34 bits per heavy atom. The number of aromatic hydroxyl groups is 1. The predicted octanol–water partition coefficient (Wildman–Crippen LogP) is 0.457. The number of carbonyl (C=O) groups excluding carboxylic acids is 3. The van der Waals surface area contributed by atoms with E-state index in [4.69, 9.17) is 9.47 Å². The molecule has 7 N–H and O–H groups in total. The number of likely N-dealkylation sites (tertiary alicyclic amines) is 1. The number of aliphatic carboxylic acids is 1. The van der Waals surface area contributed by atoms with Crippen molar-refractivity contribution in [2.75, 3.05) is 45.9 Å². The van der Waals surface area contributed by atoms with Crippen LogP contribution < -0.4 is 10.6 Å². The molecule has 5 rings (SSSR count).